The van der Waals surface area contributed by atoms with Crippen molar-refractivity contribution in [1.82, 2.24) is 15.1 Å². The fourth-order valence-electron chi connectivity index (χ4n) is 3.03. The molecule has 0 aliphatic heterocycles. The standard InChI is InChI=1S/C16H20ClN3O/c1-20-15-8-4-7-14(12(15)9-19-20)18-10-16(21)11-5-2-3-6-13(11)17/h2-3,5-6,9,14,16,18,21H,4,7-8,10H2,1H3/t14-,16-/m0/s1. The van der Waals surface area contributed by atoms with E-state index >= 15 is 0 Å². The van der Waals surface area contributed by atoms with Gasteiger partial charge in [-0.15, -0.1) is 0 Å². The number of aliphatic hydroxyl groups excluding tert-OH is 1. The molecule has 1 aromatic carbocycles. The first-order chi connectivity index (χ1) is 10.2. The molecule has 0 unspecified atom stereocenters. The summed E-state index contributed by atoms with van der Waals surface area (Å²) in [5.74, 6) is 0. The molecule has 0 radical (unpaired) electrons. The first-order valence-corrected chi connectivity index (χ1v) is 7.71. The van der Waals surface area contributed by atoms with Crippen LogP contribution in [0.15, 0.2) is 30.5 Å². The SMILES string of the molecule is Cn1ncc2c1CCC[C@@H]2NC[C@H](O)c1ccccc1Cl. The summed E-state index contributed by atoms with van der Waals surface area (Å²) in [5.41, 5.74) is 3.33. The highest BCUT2D eigenvalue weighted by Gasteiger charge is 2.24. The lowest BCUT2D eigenvalue weighted by Gasteiger charge is -2.25. The van der Waals surface area contributed by atoms with Gasteiger partial charge in [0.05, 0.1) is 12.3 Å². The highest BCUT2D eigenvalue weighted by atomic mass is 35.5. The molecule has 1 aliphatic rings. The van der Waals surface area contributed by atoms with Crippen LogP contribution in [0.3, 0.4) is 0 Å². The Morgan fingerprint density at radius 3 is 3.10 bits per heavy atom. The minimum absolute atomic E-state index is 0.264. The zero-order valence-corrected chi connectivity index (χ0v) is 12.8. The minimum atomic E-state index is -0.597. The summed E-state index contributed by atoms with van der Waals surface area (Å²) in [6.45, 7) is 0.489. The van der Waals surface area contributed by atoms with E-state index in [2.05, 4.69) is 10.4 Å². The second-order valence-electron chi connectivity index (χ2n) is 5.56. The molecule has 2 atom stereocenters. The third-order valence-electron chi connectivity index (χ3n) is 4.20. The normalized spacial score (nSPS) is 19.3. The van der Waals surface area contributed by atoms with Crippen molar-refractivity contribution in [3.8, 4) is 0 Å². The maximum absolute atomic E-state index is 10.3. The Morgan fingerprint density at radius 2 is 2.29 bits per heavy atom. The Balaban J connectivity index is 1.67. The van der Waals surface area contributed by atoms with Crippen LogP contribution in [-0.2, 0) is 13.5 Å². The van der Waals surface area contributed by atoms with E-state index in [1.807, 2.05) is 36.1 Å². The van der Waals surface area contributed by atoms with Gasteiger partial charge >= 0.3 is 0 Å². The fourth-order valence-corrected chi connectivity index (χ4v) is 3.29. The van der Waals surface area contributed by atoms with Gasteiger partial charge in [0.25, 0.3) is 0 Å². The van der Waals surface area contributed by atoms with Crippen molar-refractivity contribution in [2.24, 2.45) is 7.05 Å². The lowest BCUT2D eigenvalue weighted by molar-refractivity contribution is 0.168. The molecular weight excluding hydrogens is 286 g/mol. The van der Waals surface area contributed by atoms with E-state index in [4.69, 9.17) is 11.6 Å². The molecule has 2 aromatic rings. The first kappa shape index (κ1) is 14.6. The summed E-state index contributed by atoms with van der Waals surface area (Å²) in [5, 5.41) is 18.7. The van der Waals surface area contributed by atoms with Crippen molar-refractivity contribution in [1.29, 1.82) is 0 Å². The van der Waals surface area contributed by atoms with Gasteiger partial charge in [-0.25, -0.2) is 0 Å². The van der Waals surface area contributed by atoms with Gasteiger partial charge in [-0.05, 0) is 25.3 Å². The Hall–Kier alpha value is -1.36. The van der Waals surface area contributed by atoms with Crippen LogP contribution >= 0.6 is 11.6 Å². The number of nitrogens with zero attached hydrogens (tertiary/aromatic N) is 2. The number of halogens is 1. The van der Waals surface area contributed by atoms with Gasteiger partial charge in [0.1, 0.15) is 0 Å². The number of aliphatic hydroxyl groups is 1. The van der Waals surface area contributed by atoms with E-state index in [0.29, 0.717) is 11.6 Å². The van der Waals surface area contributed by atoms with Crippen molar-refractivity contribution in [3.05, 3.63) is 52.3 Å². The second-order valence-corrected chi connectivity index (χ2v) is 5.97. The summed E-state index contributed by atoms with van der Waals surface area (Å²) >= 11 is 6.12. The van der Waals surface area contributed by atoms with Crippen molar-refractivity contribution < 1.29 is 5.11 Å². The quantitative estimate of drug-likeness (QED) is 0.913. The van der Waals surface area contributed by atoms with Crippen molar-refractivity contribution in [2.75, 3.05) is 6.54 Å². The lowest BCUT2D eigenvalue weighted by Crippen LogP contribution is -2.29. The molecule has 1 aliphatic carbocycles. The van der Waals surface area contributed by atoms with E-state index in [-0.39, 0.29) is 6.04 Å². The molecule has 4 nitrogen and oxygen atoms in total. The van der Waals surface area contributed by atoms with Gasteiger partial charge in [0.2, 0.25) is 0 Å². The van der Waals surface area contributed by atoms with Crippen LogP contribution in [0.2, 0.25) is 5.02 Å². The van der Waals surface area contributed by atoms with E-state index < -0.39 is 6.10 Å². The van der Waals surface area contributed by atoms with Gasteiger partial charge in [0.15, 0.2) is 0 Å². The third kappa shape index (κ3) is 2.98. The van der Waals surface area contributed by atoms with E-state index in [1.165, 1.54) is 11.3 Å². The molecule has 0 spiro atoms. The Bertz CT molecular complexity index is 626. The number of aromatic nitrogens is 2. The molecule has 3 rings (SSSR count). The smallest absolute Gasteiger partial charge is 0.0928 e. The lowest BCUT2D eigenvalue weighted by atomic mass is 9.93. The van der Waals surface area contributed by atoms with Crippen LogP contribution in [0.1, 0.15) is 41.8 Å². The number of rotatable bonds is 4. The predicted molar refractivity (Wildman–Crippen MR) is 83.3 cm³/mol. The first-order valence-electron chi connectivity index (χ1n) is 7.33. The number of hydrogen-bond donors (Lipinski definition) is 2. The number of hydrogen-bond acceptors (Lipinski definition) is 3. The van der Waals surface area contributed by atoms with Crippen LogP contribution in [0.25, 0.3) is 0 Å². The van der Waals surface area contributed by atoms with Gasteiger partial charge in [-0.2, -0.15) is 5.10 Å². The van der Waals surface area contributed by atoms with Gasteiger partial charge in [-0.3, -0.25) is 4.68 Å². The summed E-state index contributed by atoms with van der Waals surface area (Å²) in [6.07, 6.45) is 4.64. The molecule has 0 saturated carbocycles. The summed E-state index contributed by atoms with van der Waals surface area (Å²) in [4.78, 5) is 0. The Morgan fingerprint density at radius 1 is 1.48 bits per heavy atom. The van der Waals surface area contributed by atoms with Crippen LogP contribution < -0.4 is 5.32 Å². The molecule has 21 heavy (non-hydrogen) atoms. The van der Waals surface area contributed by atoms with Gasteiger partial charge in [0, 0.05) is 41.5 Å². The number of benzene rings is 1. The topological polar surface area (TPSA) is 50.1 Å². The summed E-state index contributed by atoms with van der Waals surface area (Å²) in [7, 11) is 1.99. The molecule has 2 N–H and O–H groups in total. The molecule has 0 bridgehead atoms. The van der Waals surface area contributed by atoms with Crippen LogP contribution in [0, 0.1) is 0 Å². The number of nitrogens with one attached hydrogen (secondary N) is 1. The minimum Gasteiger partial charge on any atom is -0.387 e. The van der Waals surface area contributed by atoms with Crippen LogP contribution in [0.4, 0.5) is 0 Å². The largest absolute Gasteiger partial charge is 0.387 e. The predicted octanol–water partition coefficient (Wildman–Crippen LogP) is 2.77. The van der Waals surface area contributed by atoms with Crippen molar-refractivity contribution in [2.45, 2.75) is 31.4 Å². The van der Waals surface area contributed by atoms with Crippen molar-refractivity contribution >= 4 is 11.6 Å². The highest BCUT2D eigenvalue weighted by Crippen LogP contribution is 2.30. The monoisotopic (exact) mass is 305 g/mol. The molecule has 5 heteroatoms. The van der Waals surface area contributed by atoms with Crippen LogP contribution in [-0.4, -0.2) is 21.4 Å². The average molecular weight is 306 g/mol. The maximum atomic E-state index is 10.3. The highest BCUT2D eigenvalue weighted by molar-refractivity contribution is 6.31. The van der Waals surface area contributed by atoms with E-state index in [1.54, 1.807) is 6.07 Å². The molecule has 1 heterocycles. The number of aryl methyl sites for hydroxylation is 1. The van der Waals surface area contributed by atoms with Crippen molar-refractivity contribution in [3.63, 3.8) is 0 Å². The summed E-state index contributed by atoms with van der Waals surface area (Å²) in [6, 6.07) is 7.70. The zero-order valence-electron chi connectivity index (χ0n) is 12.1. The molecule has 0 saturated heterocycles. The summed E-state index contributed by atoms with van der Waals surface area (Å²) < 4.78 is 1.95. The zero-order chi connectivity index (χ0) is 14.8. The molecule has 112 valence electrons. The van der Waals surface area contributed by atoms with Gasteiger partial charge in [-0.1, -0.05) is 29.8 Å². The average Bonchev–Trinajstić information content (AvgIpc) is 2.87. The molecular formula is C16H20ClN3O. The fraction of sp³-hybridized carbons (Fsp3) is 0.438. The van der Waals surface area contributed by atoms with E-state index in [9.17, 15) is 5.11 Å². The third-order valence-corrected chi connectivity index (χ3v) is 4.54. The molecule has 0 amide bonds. The Kier molecular flexibility index (Phi) is 4.29. The van der Waals surface area contributed by atoms with Crippen LogP contribution in [0.5, 0.6) is 0 Å². The number of fused-ring (bicyclic) bond motifs is 1. The Labute approximate surface area is 129 Å². The van der Waals surface area contributed by atoms with Gasteiger partial charge < -0.3 is 10.4 Å². The maximum Gasteiger partial charge on any atom is 0.0928 e. The molecule has 1 aromatic heterocycles. The van der Waals surface area contributed by atoms with E-state index in [0.717, 1.165) is 24.8 Å². The molecule has 0 fully saturated rings. The second kappa shape index (κ2) is 6.18.